The first-order valence-corrected chi connectivity index (χ1v) is 7.76. The van der Waals surface area contributed by atoms with Gasteiger partial charge in [0.05, 0.1) is 6.04 Å². The second-order valence-electron chi connectivity index (χ2n) is 6.26. The van der Waals surface area contributed by atoms with Crippen molar-refractivity contribution in [3.05, 3.63) is 35.4 Å². The first-order chi connectivity index (χ1) is 9.61. The molecule has 0 aromatic heterocycles. The van der Waals surface area contributed by atoms with E-state index in [4.69, 9.17) is 0 Å². The minimum Gasteiger partial charge on any atom is -0.319 e. The molecule has 1 amide bonds. The van der Waals surface area contributed by atoms with Crippen molar-refractivity contribution in [2.75, 3.05) is 0 Å². The molecule has 1 saturated carbocycles. The van der Waals surface area contributed by atoms with Crippen LogP contribution in [0.2, 0.25) is 0 Å². The van der Waals surface area contributed by atoms with Crippen LogP contribution in [-0.4, -0.2) is 22.9 Å². The Morgan fingerprint density at radius 2 is 1.95 bits per heavy atom. The van der Waals surface area contributed by atoms with Gasteiger partial charge < -0.3 is 4.90 Å². The Balaban J connectivity index is 1.89. The topological polar surface area (TPSA) is 32.3 Å². The molecule has 1 saturated heterocycles. The molecule has 108 valence electrons. The summed E-state index contributed by atoms with van der Waals surface area (Å²) in [5, 5.41) is 3.52. The lowest BCUT2D eigenvalue weighted by atomic mass is 10.1. The number of hydrogen-bond acceptors (Lipinski definition) is 2. The summed E-state index contributed by atoms with van der Waals surface area (Å²) >= 11 is 0. The van der Waals surface area contributed by atoms with Crippen molar-refractivity contribution in [1.29, 1.82) is 0 Å². The SMILES string of the molecule is CCC1NC(c2ccc(C)cc2)N(C(C)C2CC2)C1=O. The third kappa shape index (κ3) is 2.35. The van der Waals surface area contributed by atoms with E-state index in [-0.39, 0.29) is 18.1 Å². The zero-order valence-electron chi connectivity index (χ0n) is 12.6. The molecule has 1 heterocycles. The molecule has 1 aromatic rings. The number of nitrogens with zero attached hydrogens (tertiary/aromatic N) is 1. The Hall–Kier alpha value is -1.35. The molecule has 3 unspecified atom stereocenters. The molecule has 3 rings (SSSR count). The molecule has 20 heavy (non-hydrogen) atoms. The molecule has 3 nitrogen and oxygen atoms in total. The third-order valence-corrected chi connectivity index (χ3v) is 4.73. The lowest BCUT2D eigenvalue weighted by molar-refractivity contribution is -0.132. The summed E-state index contributed by atoms with van der Waals surface area (Å²) in [4.78, 5) is 14.7. The van der Waals surface area contributed by atoms with Crippen molar-refractivity contribution in [3.63, 3.8) is 0 Å². The van der Waals surface area contributed by atoms with Gasteiger partial charge in [-0.15, -0.1) is 0 Å². The van der Waals surface area contributed by atoms with Crippen molar-refractivity contribution in [2.45, 2.75) is 58.3 Å². The number of carbonyl (C=O) groups excluding carboxylic acids is 1. The van der Waals surface area contributed by atoms with Crippen LogP contribution in [-0.2, 0) is 4.79 Å². The minimum atomic E-state index is -0.0255. The number of hydrogen-bond donors (Lipinski definition) is 1. The van der Waals surface area contributed by atoms with Gasteiger partial charge in [0.25, 0.3) is 0 Å². The Bertz CT molecular complexity index is 492. The van der Waals surface area contributed by atoms with Crippen molar-refractivity contribution in [2.24, 2.45) is 5.92 Å². The van der Waals surface area contributed by atoms with E-state index in [0.29, 0.717) is 12.0 Å². The lowest BCUT2D eigenvalue weighted by Gasteiger charge is -2.31. The number of amides is 1. The minimum absolute atomic E-state index is 0.0255. The second kappa shape index (κ2) is 5.21. The normalized spacial score (nSPS) is 27.9. The molecule has 1 N–H and O–H groups in total. The van der Waals surface area contributed by atoms with Crippen LogP contribution in [0.25, 0.3) is 0 Å². The van der Waals surface area contributed by atoms with Gasteiger partial charge in [-0.05, 0) is 44.6 Å². The van der Waals surface area contributed by atoms with Gasteiger partial charge in [0.2, 0.25) is 5.91 Å². The molecule has 2 aliphatic rings. The first kappa shape index (κ1) is 13.6. The van der Waals surface area contributed by atoms with Gasteiger partial charge in [-0.3, -0.25) is 10.1 Å². The summed E-state index contributed by atoms with van der Waals surface area (Å²) in [5.74, 6) is 0.974. The Morgan fingerprint density at radius 1 is 1.30 bits per heavy atom. The van der Waals surface area contributed by atoms with Crippen molar-refractivity contribution >= 4 is 5.91 Å². The molecule has 0 radical (unpaired) electrons. The summed E-state index contributed by atoms with van der Waals surface area (Å²) in [5.41, 5.74) is 2.46. The maximum absolute atomic E-state index is 12.6. The molecule has 2 fully saturated rings. The number of carbonyl (C=O) groups is 1. The number of rotatable bonds is 4. The van der Waals surface area contributed by atoms with Crippen LogP contribution in [0.15, 0.2) is 24.3 Å². The highest BCUT2D eigenvalue weighted by Crippen LogP contribution is 2.40. The van der Waals surface area contributed by atoms with Crippen LogP contribution in [0.1, 0.15) is 50.4 Å². The summed E-state index contributed by atoms with van der Waals surface area (Å²) in [6, 6.07) is 8.86. The van der Waals surface area contributed by atoms with Crippen molar-refractivity contribution in [3.8, 4) is 0 Å². The van der Waals surface area contributed by atoms with E-state index in [2.05, 4.69) is 55.3 Å². The molecule has 1 aromatic carbocycles. The van der Waals surface area contributed by atoms with Gasteiger partial charge >= 0.3 is 0 Å². The highest BCUT2D eigenvalue weighted by atomic mass is 16.2. The highest BCUT2D eigenvalue weighted by molar-refractivity contribution is 5.84. The van der Waals surface area contributed by atoms with E-state index >= 15 is 0 Å². The molecule has 3 heteroatoms. The number of aryl methyl sites for hydroxylation is 1. The van der Waals surface area contributed by atoms with Gasteiger partial charge in [-0.25, -0.2) is 0 Å². The molecular formula is C17H24N2O. The first-order valence-electron chi connectivity index (χ1n) is 7.76. The van der Waals surface area contributed by atoms with Crippen molar-refractivity contribution in [1.82, 2.24) is 10.2 Å². The monoisotopic (exact) mass is 272 g/mol. The average molecular weight is 272 g/mol. The van der Waals surface area contributed by atoms with E-state index < -0.39 is 0 Å². The van der Waals surface area contributed by atoms with Crippen LogP contribution in [0.3, 0.4) is 0 Å². The lowest BCUT2D eigenvalue weighted by Crippen LogP contribution is -2.39. The predicted molar refractivity (Wildman–Crippen MR) is 80.2 cm³/mol. The molecule has 3 atom stereocenters. The standard InChI is InChI=1S/C17H24N2O/c1-4-15-17(20)19(12(3)13-9-10-13)16(18-15)14-7-5-11(2)6-8-14/h5-8,12-13,15-16,18H,4,9-10H2,1-3H3. The average Bonchev–Trinajstić information content (AvgIpc) is 3.23. The smallest absolute Gasteiger partial charge is 0.241 e. The van der Waals surface area contributed by atoms with Gasteiger partial charge in [0.1, 0.15) is 6.17 Å². The Kier molecular flexibility index (Phi) is 3.55. The van der Waals surface area contributed by atoms with E-state index in [1.165, 1.54) is 24.0 Å². The summed E-state index contributed by atoms with van der Waals surface area (Å²) in [7, 11) is 0. The Labute approximate surface area is 121 Å². The van der Waals surface area contributed by atoms with Gasteiger partial charge in [-0.2, -0.15) is 0 Å². The van der Waals surface area contributed by atoms with E-state index in [9.17, 15) is 4.79 Å². The van der Waals surface area contributed by atoms with Crippen LogP contribution < -0.4 is 5.32 Å². The second-order valence-corrected chi connectivity index (χ2v) is 6.26. The zero-order valence-corrected chi connectivity index (χ0v) is 12.6. The molecule has 1 aliphatic carbocycles. The zero-order chi connectivity index (χ0) is 14.3. The predicted octanol–water partition coefficient (Wildman–Crippen LogP) is 3.00. The fourth-order valence-corrected chi connectivity index (χ4v) is 3.19. The van der Waals surface area contributed by atoms with E-state index in [0.717, 1.165) is 6.42 Å². The fourth-order valence-electron chi connectivity index (χ4n) is 3.19. The molecule has 0 spiro atoms. The molecule has 1 aliphatic heterocycles. The third-order valence-electron chi connectivity index (χ3n) is 4.73. The van der Waals surface area contributed by atoms with Gasteiger partial charge in [0, 0.05) is 6.04 Å². The number of nitrogens with one attached hydrogen (secondary N) is 1. The van der Waals surface area contributed by atoms with Crippen LogP contribution in [0.4, 0.5) is 0 Å². The van der Waals surface area contributed by atoms with Crippen LogP contribution >= 0.6 is 0 Å². The van der Waals surface area contributed by atoms with E-state index in [1.54, 1.807) is 0 Å². The van der Waals surface area contributed by atoms with E-state index in [1.807, 2.05) is 0 Å². The Morgan fingerprint density at radius 3 is 2.50 bits per heavy atom. The maximum Gasteiger partial charge on any atom is 0.241 e. The molecular weight excluding hydrogens is 248 g/mol. The maximum atomic E-state index is 12.6. The highest BCUT2D eigenvalue weighted by Gasteiger charge is 2.45. The summed E-state index contributed by atoms with van der Waals surface area (Å²) in [6.45, 7) is 6.37. The van der Waals surface area contributed by atoms with Crippen LogP contribution in [0, 0.1) is 12.8 Å². The van der Waals surface area contributed by atoms with Gasteiger partial charge in [0.15, 0.2) is 0 Å². The summed E-state index contributed by atoms with van der Waals surface area (Å²) < 4.78 is 0. The van der Waals surface area contributed by atoms with Crippen LogP contribution in [0.5, 0.6) is 0 Å². The summed E-state index contributed by atoms with van der Waals surface area (Å²) in [6.07, 6.45) is 3.43. The number of benzene rings is 1. The molecule has 0 bridgehead atoms. The fraction of sp³-hybridized carbons (Fsp3) is 0.588. The quantitative estimate of drug-likeness (QED) is 0.914. The van der Waals surface area contributed by atoms with Crippen molar-refractivity contribution < 1.29 is 4.79 Å². The van der Waals surface area contributed by atoms with Gasteiger partial charge in [-0.1, -0.05) is 36.8 Å². The largest absolute Gasteiger partial charge is 0.319 e.